The molecule has 1 amide bonds. The van der Waals surface area contributed by atoms with E-state index in [9.17, 15) is 26.4 Å². The Morgan fingerprint density at radius 2 is 1.83 bits per heavy atom. The van der Waals surface area contributed by atoms with E-state index in [-0.39, 0.29) is 17.1 Å². The molecule has 0 bridgehead atoms. The summed E-state index contributed by atoms with van der Waals surface area (Å²) in [5, 5.41) is 1.95. The van der Waals surface area contributed by atoms with Gasteiger partial charge in [0, 0.05) is 20.3 Å². The molecule has 0 heterocycles. The first-order chi connectivity index (χ1) is 14.1. The predicted molar refractivity (Wildman–Crippen MR) is 107 cm³/mol. The zero-order valence-corrected chi connectivity index (χ0v) is 17.5. The number of nitrogens with one attached hydrogen (secondary N) is 1. The van der Waals surface area contributed by atoms with Gasteiger partial charge in [-0.15, -0.1) is 0 Å². The highest BCUT2D eigenvalue weighted by Crippen LogP contribution is 2.37. The molecule has 0 saturated heterocycles. The maximum absolute atomic E-state index is 13.3. The van der Waals surface area contributed by atoms with Crippen molar-refractivity contribution in [1.29, 1.82) is 0 Å². The fourth-order valence-corrected chi connectivity index (χ4v) is 4.21. The lowest BCUT2D eigenvalue weighted by atomic mass is 10.2. The average Bonchev–Trinajstić information content (AvgIpc) is 2.70. The van der Waals surface area contributed by atoms with Gasteiger partial charge in [-0.1, -0.05) is 29.8 Å². The van der Waals surface area contributed by atoms with Gasteiger partial charge in [-0.05, 0) is 36.8 Å². The molecule has 1 N–H and O–H groups in total. The Labute approximate surface area is 177 Å². The molecule has 0 fully saturated rings. The van der Waals surface area contributed by atoms with Crippen molar-refractivity contribution in [3.05, 3.63) is 59.1 Å². The summed E-state index contributed by atoms with van der Waals surface area (Å²) in [6, 6.07) is 9.80. The number of carbonyl (C=O) groups excluding carboxylic acids is 1. The highest BCUT2D eigenvalue weighted by atomic mass is 35.5. The second-order valence-electron chi connectivity index (χ2n) is 6.18. The van der Waals surface area contributed by atoms with E-state index in [1.54, 1.807) is 6.07 Å². The third-order valence-corrected chi connectivity index (χ3v) is 6.13. The maximum atomic E-state index is 13.3. The van der Waals surface area contributed by atoms with Crippen LogP contribution >= 0.6 is 11.6 Å². The van der Waals surface area contributed by atoms with E-state index in [2.05, 4.69) is 5.32 Å². The van der Waals surface area contributed by atoms with Gasteiger partial charge in [-0.2, -0.15) is 13.2 Å². The SMILES string of the molecule is COCCCNC(=O)CN(c1ccc(Cl)c(C(F)(F)F)c1)S(=O)(=O)c1ccccc1. The first kappa shape index (κ1) is 24.0. The van der Waals surface area contributed by atoms with Crippen LogP contribution in [0.4, 0.5) is 18.9 Å². The van der Waals surface area contributed by atoms with Gasteiger partial charge in [0.05, 0.1) is 21.2 Å². The predicted octanol–water partition coefficient (Wildman–Crippen LogP) is 3.71. The van der Waals surface area contributed by atoms with Crippen LogP contribution in [0.3, 0.4) is 0 Å². The van der Waals surface area contributed by atoms with Gasteiger partial charge < -0.3 is 10.1 Å². The van der Waals surface area contributed by atoms with E-state index in [0.717, 1.165) is 12.1 Å². The van der Waals surface area contributed by atoms with Crippen molar-refractivity contribution >= 4 is 33.2 Å². The van der Waals surface area contributed by atoms with Gasteiger partial charge >= 0.3 is 6.18 Å². The van der Waals surface area contributed by atoms with Crippen LogP contribution in [0.15, 0.2) is 53.4 Å². The Kier molecular flexibility index (Phi) is 8.10. The number of amides is 1. The second kappa shape index (κ2) is 10.1. The Morgan fingerprint density at radius 3 is 2.43 bits per heavy atom. The molecule has 30 heavy (non-hydrogen) atoms. The molecule has 0 spiro atoms. The van der Waals surface area contributed by atoms with Crippen LogP contribution in [-0.2, 0) is 25.7 Å². The van der Waals surface area contributed by atoms with Crippen molar-refractivity contribution < 1.29 is 31.1 Å². The molecular formula is C19H20ClF3N2O4S. The van der Waals surface area contributed by atoms with Gasteiger partial charge in [-0.25, -0.2) is 8.42 Å². The minimum absolute atomic E-state index is 0.166. The molecule has 2 aromatic carbocycles. The molecule has 0 aromatic heterocycles. The fraction of sp³-hybridized carbons (Fsp3) is 0.316. The lowest BCUT2D eigenvalue weighted by Crippen LogP contribution is -2.41. The van der Waals surface area contributed by atoms with E-state index >= 15 is 0 Å². The van der Waals surface area contributed by atoms with Gasteiger partial charge in [0.15, 0.2) is 0 Å². The summed E-state index contributed by atoms with van der Waals surface area (Å²) in [5.74, 6) is -0.672. The molecule has 164 valence electrons. The summed E-state index contributed by atoms with van der Waals surface area (Å²) >= 11 is 5.64. The quantitative estimate of drug-likeness (QED) is 0.574. The summed E-state index contributed by atoms with van der Waals surface area (Å²) in [6.45, 7) is -0.0953. The average molecular weight is 465 g/mol. The normalized spacial score (nSPS) is 11.9. The number of benzene rings is 2. The van der Waals surface area contributed by atoms with Crippen molar-refractivity contribution in [1.82, 2.24) is 5.32 Å². The first-order valence-electron chi connectivity index (χ1n) is 8.77. The van der Waals surface area contributed by atoms with Gasteiger partial charge in [0.1, 0.15) is 6.54 Å². The zero-order valence-electron chi connectivity index (χ0n) is 15.9. The Balaban J connectivity index is 2.43. The number of rotatable bonds is 9. The highest BCUT2D eigenvalue weighted by Gasteiger charge is 2.35. The summed E-state index contributed by atoms with van der Waals surface area (Å²) < 4.78 is 71.5. The molecule has 2 aromatic rings. The molecule has 0 aliphatic rings. The molecule has 2 rings (SSSR count). The fourth-order valence-electron chi connectivity index (χ4n) is 2.55. The molecule has 11 heteroatoms. The van der Waals surface area contributed by atoms with E-state index in [4.69, 9.17) is 16.3 Å². The van der Waals surface area contributed by atoms with Gasteiger partial charge in [-0.3, -0.25) is 9.10 Å². The minimum atomic E-state index is -4.79. The Bertz CT molecular complexity index is 969. The molecule has 6 nitrogen and oxygen atoms in total. The molecule has 0 aliphatic heterocycles. The number of hydrogen-bond donors (Lipinski definition) is 1. The number of ether oxygens (including phenoxy) is 1. The first-order valence-corrected chi connectivity index (χ1v) is 10.6. The topological polar surface area (TPSA) is 75.7 Å². The molecule has 0 aliphatic carbocycles. The smallest absolute Gasteiger partial charge is 0.385 e. The largest absolute Gasteiger partial charge is 0.417 e. The lowest BCUT2D eigenvalue weighted by Gasteiger charge is -2.25. The number of alkyl halides is 3. The number of sulfonamides is 1. The molecule has 0 saturated carbocycles. The third-order valence-electron chi connectivity index (χ3n) is 4.01. The number of methoxy groups -OCH3 is 1. The zero-order chi connectivity index (χ0) is 22.4. The number of carbonyl (C=O) groups is 1. The summed E-state index contributed by atoms with van der Waals surface area (Å²) in [5.41, 5.74) is -1.53. The number of nitrogens with zero attached hydrogens (tertiary/aromatic N) is 1. The van der Waals surface area contributed by atoms with Crippen molar-refractivity contribution in [2.45, 2.75) is 17.5 Å². The molecular weight excluding hydrogens is 445 g/mol. The van der Waals surface area contributed by atoms with Crippen molar-refractivity contribution in [2.24, 2.45) is 0 Å². The molecule has 0 atom stereocenters. The summed E-state index contributed by atoms with van der Waals surface area (Å²) in [6.07, 6.45) is -4.30. The van der Waals surface area contributed by atoms with Crippen molar-refractivity contribution in [3.8, 4) is 0 Å². The molecule has 0 radical (unpaired) electrons. The van der Waals surface area contributed by atoms with E-state index in [1.807, 2.05) is 0 Å². The van der Waals surface area contributed by atoms with Crippen LogP contribution in [0.25, 0.3) is 0 Å². The van der Waals surface area contributed by atoms with Crippen LogP contribution in [-0.4, -0.2) is 41.1 Å². The standard InChI is InChI=1S/C19H20ClF3N2O4S/c1-29-11-5-10-24-18(26)13-25(30(27,28)15-6-3-2-4-7-15)14-8-9-17(20)16(12-14)19(21,22)23/h2-4,6-9,12H,5,10-11,13H2,1H3,(H,24,26). The van der Waals surface area contributed by atoms with E-state index in [0.29, 0.717) is 23.4 Å². The Morgan fingerprint density at radius 1 is 1.17 bits per heavy atom. The lowest BCUT2D eigenvalue weighted by molar-refractivity contribution is -0.137. The summed E-state index contributed by atoms with van der Waals surface area (Å²) in [4.78, 5) is 12.1. The van der Waals surface area contributed by atoms with Crippen LogP contribution < -0.4 is 9.62 Å². The Hall–Kier alpha value is -2.30. The van der Waals surface area contributed by atoms with E-state index < -0.39 is 39.2 Å². The number of hydrogen-bond acceptors (Lipinski definition) is 4. The highest BCUT2D eigenvalue weighted by molar-refractivity contribution is 7.92. The van der Waals surface area contributed by atoms with Gasteiger partial charge in [0.25, 0.3) is 10.0 Å². The van der Waals surface area contributed by atoms with E-state index in [1.165, 1.54) is 31.4 Å². The van der Waals surface area contributed by atoms with Crippen molar-refractivity contribution in [2.75, 3.05) is 31.1 Å². The van der Waals surface area contributed by atoms with Crippen LogP contribution in [0.1, 0.15) is 12.0 Å². The number of halogens is 4. The van der Waals surface area contributed by atoms with Crippen LogP contribution in [0, 0.1) is 0 Å². The number of anilines is 1. The summed E-state index contributed by atoms with van der Waals surface area (Å²) in [7, 11) is -2.83. The minimum Gasteiger partial charge on any atom is -0.385 e. The van der Waals surface area contributed by atoms with Crippen molar-refractivity contribution in [3.63, 3.8) is 0 Å². The van der Waals surface area contributed by atoms with Gasteiger partial charge in [0.2, 0.25) is 5.91 Å². The van der Waals surface area contributed by atoms with Crippen LogP contribution in [0.2, 0.25) is 5.02 Å². The van der Waals surface area contributed by atoms with Crippen LogP contribution in [0.5, 0.6) is 0 Å². The second-order valence-corrected chi connectivity index (χ2v) is 8.45. The molecule has 0 unspecified atom stereocenters. The third kappa shape index (κ3) is 6.10. The monoisotopic (exact) mass is 464 g/mol. The maximum Gasteiger partial charge on any atom is 0.417 e.